The molecule has 0 aromatic rings. The van der Waals surface area contributed by atoms with Crippen LogP contribution in [0.25, 0.3) is 0 Å². The van der Waals surface area contributed by atoms with Crippen molar-refractivity contribution in [1.82, 2.24) is 0 Å². The van der Waals surface area contributed by atoms with Gasteiger partial charge in [-0.15, -0.1) is 4.20 Å². The van der Waals surface area contributed by atoms with Gasteiger partial charge in [-0.3, -0.25) is 9.05 Å². The highest BCUT2D eigenvalue weighted by atomic mass is 31.2. The fourth-order valence-corrected chi connectivity index (χ4v) is 3.01. The second kappa shape index (κ2) is 3.34. The lowest BCUT2D eigenvalue weighted by Gasteiger charge is -2.40. The van der Waals surface area contributed by atoms with E-state index in [0.717, 1.165) is 0 Å². The molecule has 1 heterocycles. The molecule has 0 aromatic heterocycles. The summed E-state index contributed by atoms with van der Waals surface area (Å²) in [5.74, 6) is 0.128. The van der Waals surface area contributed by atoms with Crippen molar-refractivity contribution in [3.63, 3.8) is 0 Å². The van der Waals surface area contributed by atoms with Crippen molar-refractivity contribution in [1.29, 1.82) is 0 Å². The summed E-state index contributed by atoms with van der Waals surface area (Å²) >= 11 is 0. The summed E-state index contributed by atoms with van der Waals surface area (Å²) in [6.45, 7) is 7.80. The molecule has 78 valence electrons. The first-order valence-corrected chi connectivity index (χ1v) is 5.80. The van der Waals surface area contributed by atoms with Crippen LogP contribution in [0.3, 0.4) is 0 Å². The number of hydrogen-bond donors (Lipinski definition) is 0. The Labute approximate surface area is 78.3 Å². The highest BCUT2D eigenvalue weighted by molar-refractivity contribution is 7.48. The molecule has 5 heteroatoms. The summed E-state index contributed by atoms with van der Waals surface area (Å²) in [7, 11) is -4.28. The molecule has 0 radical (unpaired) electrons. The summed E-state index contributed by atoms with van der Waals surface area (Å²) in [5, 5.41) is 0. The highest BCUT2D eigenvalue weighted by Crippen LogP contribution is 2.58. The molecule has 1 rings (SSSR count). The molecule has 3 nitrogen and oxygen atoms in total. The minimum Gasteiger partial charge on any atom is -0.283 e. The van der Waals surface area contributed by atoms with Crippen molar-refractivity contribution in [3.05, 3.63) is 0 Å². The Morgan fingerprint density at radius 1 is 1.54 bits per heavy atom. The third-order valence-corrected chi connectivity index (χ3v) is 3.12. The van der Waals surface area contributed by atoms with E-state index in [1.54, 1.807) is 0 Å². The van der Waals surface area contributed by atoms with Gasteiger partial charge >= 0.3 is 7.91 Å². The van der Waals surface area contributed by atoms with Crippen LogP contribution in [-0.2, 0) is 13.6 Å². The van der Waals surface area contributed by atoms with Crippen LogP contribution in [0.4, 0.5) is 4.20 Å². The summed E-state index contributed by atoms with van der Waals surface area (Å²) in [6, 6.07) is 0. The highest BCUT2D eigenvalue weighted by Gasteiger charge is 2.45. The van der Waals surface area contributed by atoms with E-state index in [4.69, 9.17) is 4.52 Å². The maximum Gasteiger partial charge on any atom is 0.513 e. The molecule has 0 saturated carbocycles. The fourth-order valence-electron chi connectivity index (χ4n) is 1.66. The predicted octanol–water partition coefficient (Wildman–Crippen LogP) is 3.16. The third kappa shape index (κ3) is 2.52. The molecule has 0 N–H and O–H groups in total. The molecule has 0 amide bonds. The quantitative estimate of drug-likeness (QED) is 0.623. The van der Waals surface area contributed by atoms with Gasteiger partial charge in [0.25, 0.3) is 0 Å². The van der Waals surface area contributed by atoms with Gasteiger partial charge in [-0.05, 0) is 5.92 Å². The van der Waals surface area contributed by atoms with Crippen LogP contribution in [-0.4, -0.2) is 12.7 Å². The normalized spacial score (nSPS) is 39.4. The minimum absolute atomic E-state index is 0.128. The van der Waals surface area contributed by atoms with Crippen molar-refractivity contribution >= 4 is 7.91 Å². The molecule has 0 aliphatic carbocycles. The van der Waals surface area contributed by atoms with Gasteiger partial charge in [-0.25, -0.2) is 4.57 Å². The van der Waals surface area contributed by atoms with Crippen LogP contribution in [0, 0.1) is 11.3 Å². The van der Waals surface area contributed by atoms with E-state index in [9.17, 15) is 8.76 Å². The van der Waals surface area contributed by atoms with E-state index < -0.39 is 7.91 Å². The Kier molecular flexibility index (Phi) is 2.86. The lowest BCUT2D eigenvalue weighted by molar-refractivity contribution is -0.0584. The van der Waals surface area contributed by atoms with Crippen molar-refractivity contribution in [2.75, 3.05) is 6.61 Å². The van der Waals surface area contributed by atoms with Crippen LogP contribution < -0.4 is 0 Å². The van der Waals surface area contributed by atoms with Crippen LogP contribution in [0.2, 0.25) is 0 Å². The molecule has 2 unspecified atom stereocenters. The molecule has 0 aromatic carbocycles. The predicted molar refractivity (Wildman–Crippen MR) is 48.2 cm³/mol. The maximum absolute atomic E-state index is 12.9. The molecular weight excluding hydrogens is 194 g/mol. The molecule has 1 saturated heterocycles. The molecular formula is C8H16FO3P. The maximum atomic E-state index is 12.9. The van der Waals surface area contributed by atoms with Crippen molar-refractivity contribution in [3.8, 4) is 0 Å². The fraction of sp³-hybridized carbons (Fsp3) is 1.00. The van der Waals surface area contributed by atoms with E-state index >= 15 is 0 Å². The first-order valence-electron chi connectivity index (χ1n) is 4.37. The zero-order valence-electron chi connectivity index (χ0n) is 8.41. The lowest BCUT2D eigenvalue weighted by Crippen LogP contribution is -2.42. The van der Waals surface area contributed by atoms with Gasteiger partial charge in [0.2, 0.25) is 0 Å². The van der Waals surface area contributed by atoms with Gasteiger partial charge in [0.05, 0.1) is 12.7 Å². The average Bonchev–Trinajstić information content (AvgIpc) is 1.95. The molecule has 0 spiro atoms. The largest absolute Gasteiger partial charge is 0.513 e. The van der Waals surface area contributed by atoms with Crippen molar-refractivity contribution in [2.45, 2.75) is 33.8 Å². The van der Waals surface area contributed by atoms with Gasteiger partial charge < -0.3 is 0 Å². The van der Waals surface area contributed by atoms with Crippen molar-refractivity contribution < 1.29 is 17.8 Å². The molecule has 0 bridgehead atoms. The molecule has 13 heavy (non-hydrogen) atoms. The Morgan fingerprint density at radius 3 is 2.46 bits per heavy atom. The summed E-state index contributed by atoms with van der Waals surface area (Å²) in [6.07, 6.45) is -0.350. The van der Waals surface area contributed by atoms with E-state index in [1.807, 2.05) is 27.7 Å². The molecule has 1 aliphatic heterocycles. The van der Waals surface area contributed by atoms with E-state index in [1.165, 1.54) is 0 Å². The van der Waals surface area contributed by atoms with Gasteiger partial charge in [0.15, 0.2) is 0 Å². The summed E-state index contributed by atoms with van der Waals surface area (Å²) in [4.78, 5) is 0. The van der Waals surface area contributed by atoms with E-state index in [-0.39, 0.29) is 24.0 Å². The zero-order valence-corrected chi connectivity index (χ0v) is 9.31. The van der Waals surface area contributed by atoms with Crippen LogP contribution in [0.1, 0.15) is 27.7 Å². The van der Waals surface area contributed by atoms with Gasteiger partial charge in [0.1, 0.15) is 0 Å². The van der Waals surface area contributed by atoms with Gasteiger partial charge in [-0.1, -0.05) is 27.7 Å². The first kappa shape index (κ1) is 11.2. The second-order valence-corrected chi connectivity index (χ2v) is 5.79. The molecule has 2 atom stereocenters. The standard InChI is InChI=1S/C8H16FO3P/c1-6(2)7-8(3,4)5-11-13(9,10)12-7/h6-7H,5H2,1-4H3. The Hall–Kier alpha value is 0.0800. The van der Waals surface area contributed by atoms with E-state index in [0.29, 0.717) is 0 Å². The van der Waals surface area contributed by atoms with Gasteiger partial charge in [0, 0.05) is 5.41 Å². The van der Waals surface area contributed by atoms with Crippen LogP contribution in [0.15, 0.2) is 0 Å². The lowest BCUT2D eigenvalue weighted by atomic mass is 9.81. The van der Waals surface area contributed by atoms with Gasteiger partial charge in [-0.2, -0.15) is 0 Å². The number of hydrogen-bond acceptors (Lipinski definition) is 3. The Balaban J connectivity index is 2.82. The summed E-state index contributed by atoms with van der Waals surface area (Å²) < 4.78 is 33.2. The second-order valence-electron chi connectivity index (χ2n) is 4.46. The van der Waals surface area contributed by atoms with E-state index in [2.05, 4.69) is 4.52 Å². The Bertz CT molecular complexity index is 240. The smallest absolute Gasteiger partial charge is 0.283 e. The SMILES string of the molecule is CC(C)C1OP(=O)(F)OCC1(C)C. The van der Waals surface area contributed by atoms with Crippen molar-refractivity contribution in [2.24, 2.45) is 11.3 Å². The number of halogens is 1. The third-order valence-electron chi connectivity index (χ3n) is 2.21. The minimum atomic E-state index is -4.28. The summed E-state index contributed by atoms with van der Waals surface area (Å²) in [5.41, 5.74) is -0.284. The van der Waals surface area contributed by atoms with Crippen LogP contribution >= 0.6 is 7.91 Å². The zero-order chi connectivity index (χ0) is 10.3. The Morgan fingerprint density at radius 2 is 2.08 bits per heavy atom. The average molecular weight is 210 g/mol. The first-order chi connectivity index (χ1) is 5.75. The molecule has 1 aliphatic rings. The monoisotopic (exact) mass is 210 g/mol. The molecule has 1 fully saturated rings. The topological polar surface area (TPSA) is 35.5 Å². The van der Waals surface area contributed by atoms with Crippen LogP contribution in [0.5, 0.6) is 0 Å². The number of rotatable bonds is 1.